The molecule has 0 spiro atoms. The lowest BCUT2D eigenvalue weighted by Gasteiger charge is -2.16. The SMILES string of the molecule is C=CCc1ccc(OC)c(O[C@@H](C)c2nc3ccccc3[nH]2)c1. The van der Waals surface area contributed by atoms with Gasteiger partial charge in [-0.25, -0.2) is 4.98 Å². The van der Waals surface area contributed by atoms with Gasteiger partial charge in [0, 0.05) is 0 Å². The molecule has 2 aromatic carbocycles. The molecule has 1 N–H and O–H groups in total. The fraction of sp³-hybridized carbons (Fsp3) is 0.211. The van der Waals surface area contributed by atoms with Gasteiger partial charge < -0.3 is 14.5 Å². The van der Waals surface area contributed by atoms with E-state index in [2.05, 4.69) is 16.5 Å². The van der Waals surface area contributed by atoms with Gasteiger partial charge in [0.2, 0.25) is 0 Å². The Bertz CT molecular complexity index is 790. The largest absolute Gasteiger partial charge is 0.493 e. The maximum atomic E-state index is 6.09. The second-order valence-electron chi connectivity index (χ2n) is 5.38. The topological polar surface area (TPSA) is 47.1 Å². The molecule has 0 amide bonds. The van der Waals surface area contributed by atoms with Crippen LogP contribution in [0.1, 0.15) is 24.4 Å². The van der Waals surface area contributed by atoms with E-state index < -0.39 is 0 Å². The highest BCUT2D eigenvalue weighted by molar-refractivity contribution is 5.74. The molecular weight excluding hydrogens is 288 g/mol. The third-order valence-corrected chi connectivity index (χ3v) is 3.70. The summed E-state index contributed by atoms with van der Waals surface area (Å²) in [6.45, 7) is 5.74. The van der Waals surface area contributed by atoms with Gasteiger partial charge in [0.05, 0.1) is 18.1 Å². The highest BCUT2D eigenvalue weighted by Crippen LogP contribution is 2.32. The van der Waals surface area contributed by atoms with Crippen molar-refractivity contribution in [2.75, 3.05) is 7.11 Å². The molecule has 4 nitrogen and oxygen atoms in total. The van der Waals surface area contributed by atoms with Crippen LogP contribution in [0.4, 0.5) is 0 Å². The molecular formula is C19H20N2O2. The number of nitrogens with zero attached hydrogens (tertiary/aromatic N) is 1. The Hall–Kier alpha value is -2.75. The summed E-state index contributed by atoms with van der Waals surface area (Å²) in [7, 11) is 1.64. The van der Waals surface area contributed by atoms with Gasteiger partial charge in [-0.05, 0) is 43.2 Å². The van der Waals surface area contributed by atoms with Crippen LogP contribution in [0, 0.1) is 0 Å². The first-order valence-corrected chi connectivity index (χ1v) is 7.60. The lowest BCUT2D eigenvalue weighted by atomic mass is 10.1. The number of aromatic nitrogens is 2. The van der Waals surface area contributed by atoms with Crippen LogP contribution in [-0.4, -0.2) is 17.1 Å². The molecule has 3 rings (SSSR count). The van der Waals surface area contributed by atoms with Gasteiger partial charge in [-0.15, -0.1) is 6.58 Å². The van der Waals surface area contributed by atoms with Crippen LogP contribution in [0.5, 0.6) is 11.5 Å². The molecule has 0 saturated carbocycles. The van der Waals surface area contributed by atoms with Crippen molar-refractivity contribution in [2.45, 2.75) is 19.4 Å². The van der Waals surface area contributed by atoms with E-state index in [4.69, 9.17) is 9.47 Å². The molecule has 23 heavy (non-hydrogen) atoms. The van der Waals surface area contributed by atoms with Gasteiger partial charge in [-0.3, -0.25) is 0 Å². The minimum absolute atomic E-state index is 0.213. The van der Waals surface area contributed by atoms with E-state index in [9.17, 15) is 0 Å². The van der Waals surface area contributed by atoms with E-state index in [1.807, 2.05) is 55.5 Å². The first kappa shape index (κ1) is 15.2. The molecule has 0 radical (unpaired) electrons. The van der Waals surface area contributed by atoms with E-state index >= 15 is 0 Å². The Labute approximate surface area is 135 Å². The zero-order chi connectivity index (χ0) is 16.2. The fourth-order valence-electron chi connectivity index (χ4n) is 2.52. The number of hydrogen-bond acceptors (Lipinski definition) is 3. The highest BCUT2D eigenvalue weighted by atomic mass is 16.5. The predicted molar refractivity (Wildman–Crippen MR) is 92.0 cm³/mol. The first-order valence-electron chi connectivity index (χ1n) is 7.60. The summed E-state index contributed by atoms with van der Waals surface area (Å²) in [6, 6.07) is 13.9. The average Bonchev–Trinajstić information content (AvgIpc) is 3.00. The molecule has 1 atom stereocenters. The summed E-state index contributed by atoms with van der Waals surface area (Å²) < 4.78 is 11.5. The number of aromatic amines is 1. The third kappa shape index (κ3) is 3.21. The first-order chi connectivity index (χ1) is 11.2. The number of allylic oxidation sites excluding steroid dienone is 1. The van der Waals surface area contributed by atoms with Crippen molar-refractivity contribution in [2.24, 2.45) is 0 Å². The van der Waals surface area contributed by atoms with E-state index in [0.29, 0.717) is 11.5 Å². The molecule has 1 aromatic heterocycles. The zero-order valence-electron chi connectivity index (χ0n) is 13.4. The van der Waals surface area contributed by atoms with Crippen LogP contribution in [0.15, 0.2) is 55.1 Å². The molecule has 118 valence electrons. The number of hydrogen-bond donors (Lipinski definition) is 1. The van der Waals surface area contributed by atoms with Crippen LogP contribution in [0.2, 0.25) is 0 Å². The van der Waals surface area contributed by atoms with E-state index in [1.165, 1.54) is 0 Å². The number of methoxy groups -OCH3 is 1. The molecule has 0 fully saturated rings. The van der Waals surface area contributed by atoms with Crippen molar-refractivity contribution in [1.82, 2.24) is 9.97 Å². The van der Waals surface area contributed by atoms with Gasteiger partial charge >= 0.3 is 0 Å². The van der Waals surface area contributed by atoms with Crippen LogP contribution < -0.4 is 9.47 Å². The van der Waals surface area contributed by atoms with E-state index in [0.717, 1.165) is 28.8 Å². The van der Waals surface area contributed by atoms with Crippen molar-refractivity contribution in [3.05, 3.63) is 66.5 Å². The van der Waals surface area contributed by atoms with Crippen LogP contribution >= 0.6 is 0 Å². The number of imidazole rings is 1. The Morgan fingerprint density at radius 1 is 1.22 bits per heavy atom. The monoisotopic (exact) mass is 308 g/mol. The number of benzene rings is 2. The summed E-state index contributed by atoms with van der Waals surface area (Å²) in [5.74, 6) is 2.21. The smallest absolute Gasteiger partial charge is 0.162 e. The van der Waals surface area contributed by atoms with Crippen molar-refractivity contribution < 1.29 is 9.47 Å². The quantitative estimate of drug-likeness (QED) is 0.685. The van der Waals surface area contributed by atoms with Gasteiger partial charge in [0.15, 0.2) is 17.6 Å². The summed E-state index contributed by atoms with van der Waals surface area (Å²) >= 11 is 0. The van der Waals surface area contributed by atoms with Crippen molar-refractivity contribution >= 4 is 11.0 Å². The molecule has 0 unspecified atom stereocenters. The van der Waals surface area contributed by atoms with Crippen molar-refractivity contribution in [1.29, 1.82) is 0 Å². The zero-order valence-corrected chi connectivity index (χ0v) is 13.4. The summed E-state index contributed by atoms with van der Waals surface area (Å²) in [5, 5.41) is 0. The standard InChI is InChI=1S/C19H20N2O2/c1-4-7-14-10-11-17(22-3)18(12-14)23-13(2)19-20-15-8-5-6-9-16(15)21-19/h4-6,8-13H,1,7H2,2-3H3,(H,20,21)/t13-/m0/s1. The lowest BCUT2D eigenvalue weighted by Crippen LogP contribution is -2.06. The van der Waals surface area contributed by atoms with Gasteiger partial charge in [-0.1, -0.05) is 24.3 Å². The van der Waals surface area contributed by atoms with E-state index in [-0.39, 0.29) is 6.10 Å². The van der Waals surface area contributed by atoms with Gasteiger partial charge in [-0.2, -0.15) is 0 Å². The normalized spacial score (nSPS) is 12.1. The summed E-state index contributed by atoms with van der Waals surface area (Å²) in [6.07, 6.45) is 2.45. The van der Waals surface area contributed by atoms with Crippen LogP contribution in [0.25, 0.3) is 11.0 Å². The molecule has 4 heteroatoms. The van der Waals surface area contributed by atoms with Gasteiger partial charge in [0.1, 0.15) is 5.82 Å². The molecule has 3 aromatic rings. The number of fused-ring (bicyclic) bond motifs is 1. The lowest BCUT2D eigenvalue weighted by molar-refractivity contribution is 0.207. The highest BCUT2D eigenvalue weighted by Gasteiger charge is 2.15. The maximum absolute atomic E-state index is 6.09. The number of nitrogens with one attached hydrogen (secondary N) is 1. The summed E-state index contributed by atoms with van der Waals surface area (Å²) in [5.41, 5.74) is 3.07. The molecule has 0 aliphatic rings. The van der Waals surface area contributed by atoms with Gasteiger partial charge in [0.25, 0.3) is 0 Å². The minimum atomic E-state index is -0.213. The van der Waals surface area contributed by atoms with Crippen molar-refractivity contribution in [3.8, 4) is 11.5 Å². The van der Waals surface area contributed by atoms with Crippen molar-refractivity contribution in [3.63, 3.8) is 0 Å². The Morgan fingerprint density at radius 2 is 2.04 bits per heavy atom. The number of para-hydroxylation sites is 2. The predicted octanol–water partition coefficient (Wildman–Crippen LogP) is 4.44. The van der Waals surface area contributed by atoms with Crippen LogP contribution in [0.3, 0.4) is 0 Å². The molecule has 0 bridgehead atoms. The second-order valence-corrected chi connectivity index (χ2v) is 5.38. The second kappa shape index (κ2) is 6.57. The number of ether oxygens (including phenoxy) is 2. The molecule has 0 saturated heterocycles. The Balaban J connectivity index is 1.87. The van der Waals surface area contributed by atoms with E-state index in [1.54, 1.807) is 7.11 Å². The Morgan fingerprint density at radius 3 is 2.78 bits per heavy atom. The average molecular weight is 308 g/mol. The minimum Gasteiger partial charge on any atom is -0.493 e. The fourth-order valence-corrected chi connectivity index (χ4v) is 2.52. The molecule has 0 aliphatic heterocycles. The number of rotatable bonds is 6. The number of H-pyrrole nitrogens is 1. The molecule has 0 aliphatic carbocycles. The maximum Gasteiger partial charge on any atom is 0.162 e. The summed E-state index contributed by atoms with van der Waals surface area (Å²) in [4.78, 5) is 7.89. The Kier molecular flexibility index (Phi) is 4.33. The third-order valence-electron chi connectivity index (χ3n) is 3.70. The van der Waals surface area contributed by atoms with Crippen LogP contribution in [-0.2, 0) is 6.42 Å². The molecule has 1 heterocycles.